The largest absolute Gasteiger partial charge is 0.496 e. The number of aromatic nitrogens is 1. The summed E-state index contributed by atoms with van der Waals surface area (Å²) in [6.45, 7) is 3.02. The number of unbranched alkanes of at least 4 members (excludes halogenated alkanes) is 2. The first-order valence-electron chi connectivity index (χ1n) is 14.5. The van der Waals surface area contributed by atoms with Gasteiger partial charge in [0.2, 0.25) is 0 Å². The van der Waals surface area contributed by atoms with E-state index in [0.717, 1.165) is 81.4 Å². The number of methoxy groups -OCH3 is 2. The Balaban J connectivity index is 1.09. The Hall–Kier alpha value is -2.68. The van der Waals surface area contributed by atoms with Crippen LogP contribution in [0.1, 0.15) is 73.4 Å². The number of fused-ring (bicyclic) bond motifs is 1. The number of likely N-dealkylation sites (tertiary alicyclic amines) is 1. The zero-order valence-corrected chi connectivity index (χ0v) is 23.4. The van der Waals surface area contributed by atoms with Gasteiger partial charge in [0.1, 0.15) is 17.6 Å². The van der Waals surface area contributed by atoms with Gasteiger partial charge in [0.25, 0.3) is 0 Å². The summed E-state index contributed by atoms with van der Waals surface area (Å²) in [5.74, 6) is 0.825. The third-order valence-electron chi connectivity index (χ3n) is 8.51. The molecule has 0 amide bonds. The van der Waals surface area contributed by atoms with Crippen molar-refractivity contribution in [2.75, 3.05) is 45.8 Å². The maximum absolute atomic E-state index is 12.5. The number of nitrogens with zero attached hydrogens (tertiary/aromatic N) is 2. The van der Waals surface area contributed by atoms with Crippen molar-refractivity contribution in [2.24, 2.45) is 0 Å². The van der Waals surface area contributed by atoms with Crippen LogP contribution in [0.4, 0.5) is 5.82 Å². The summed E-state index contributed by atoms with van der Waals surface area (Å²) >= 11 is 0. The van der Waals surface area contributed by atoms with Crippen LogP contribution in [0.25, 0.3) is 0 Å². The number of anilines is 1. The molecule has 0 bridgehead atoms. The number of aliphatic carboxylic acids is 1. The van der Waals surface area contributed by atoms with Gasteiger partial charge in [-0.15, -0.1) is 0 Å². The molecule has 0 radical (unpaired) electrons. The van der Waals surface area contributed by atoms with Crippen LogP contribution in [0.3, 0.4) is 0 Å². The van der Waals surface area contributed by atoms with Gasteiger partial charge in [0.05, 0.1) is 18.8 Å². The summed E-state index contributed by atoms with van der Waals surface area (Å²) in [5.41, 5.74) is 4.19. The molecule has 2 aliphatic heterocycles. The van der Waals surface area contributed by atoms with E-state index in [2.05, 4.69) is 17.4 Å². The van der Waals surface area contributed by atoms with E-state index in [0.29, 0.717) is 31.0 Å². The Morgan fingerprint density at radius 3 is 2.85 bits per heavy atom. The van der Waals surface area contributed by atoms with E-state index in [1.54, 1.807) is 14.2 Å². The second-order valence-electron chi connectivity index (χ2n) is 11.3. The smallest absolute Gasteiger partial charge is 0.325 e. The van der Waals surface area contributed by atoms with Gasteiger partial charge in [0, 0.05) is 51.0 Å². The Bertz CT molecular complexity index is 1140. The molecule has 2 aromatic rings. The fourth-order valence-corrected chi connectivity index (χ4v) is 6.03. The third kappa shape index (κ3) is 6.91. The van der Waals surface area contributed by atoms with E-state index in [1.807, 2.05) is 23.1 Å². The maximum Gasteiger partial charge on any atom is 0.325 e. The van der Waals surface area contributed by atoms with Gasteiger partial charge in [-0.2, -0.15) is 0 Å². The minimum Gasteiger partial charge on any atom is -0.496 e. The summed E-state index contributed by atoms with van der Waals surface area (Å²) in [5, 5.41) is 13.6. The Morgan fingerprint density at radius 2 is 2.08 bits per heavy atom. The minimum atomic E-state index is -0.857. The normalized spacial score (nSPS) is 20.7. The van der Waals surface area contributed by atoms with Crippen molar-refractivity contribution in [3.05, 3.63) is 52.7 Å². The van der Waals surface area contributed by atoms with E-state index in [1.165, 1.54) is 12.0 Å². The molecule has 8 heteroatoms. The molecule has 5 rings (SSSR count). The highest BCUT2D eigenvalue weighted by Crippen LogP contribution is 2.43. The van der Waals surface area contributed by atoms with Crippen LogP contribution in [-0.4, -0.2) is 73.1 Å². The maximum atomic E-state index is 12.5. The van der Waals surface area contributed by atoms with E-state index in [9.17, 15) is 9.90 Å². The molecule has 1 aromatic carbocycles. The summed E-state index contributed by atoms with van der Waals surface area (Å²) in [7, 11) is 3.36. The van der Waals surface area contributed by atoms with Crippen molar-refractivity contribution in [1.82, 2.24) is 9.88 Å². The Morgan fingerprint density at radius 1 is 1.21 bits per heavy atom. The number of carboxylic acids is 1. The van der Waals surface area contributed by atoms with Crippen molar-refractivity contribution < 1.29 is 24.1 Å². The highest BCUT2D eigenvalue weighted by molar-refractivity contribution is 5.77. The van der Waals surface area contributed by atoms with Gasteiger partial charge in [0.15, 0.2) is 0 Å². The molecule has 2 atom stereocenters. The summed E-state index contributed by atoms with van der Waals surface area (Å²) in [6.07, 6.45) is 10.2. The van der Waals surface area contributed by atoms with Crippen LogP contribution in [-0.2, 0) is 33.5 Å². The lowest BCUT2D eigenvalue weighted by molar-refractivity contribution is -0.143. The van der Waals surface area contributed by atoms with E-state index >= 15 is 0 Å². The quantitative estimate of drug-likeness (QED) is 0.332. The molecule has 39 heavy (non-hydrogen) atoms. The SMILES string of the molecule is COc1ccc(CC2(OC)CC2)cc1[C@H](C(=O)O)N1CC[C@@H](OCCCCCc2ccc3c(n2)NCCC3)C1. The molecule has 1 aliphatic carbocycles. The van der Waals surface area contributed by atoms with Gasteiger partial charge >= 0.3 is 5.97 Å². The van der Waals surface area contributed by atoms with Gasteiger partial charge < -0.3 is 24.6 Å². The molecular weight excluding hydrogens is 494 g/mol. The van der Waals surface area contributed by atoms with Crippen LogP contribution in [0.5, 0.6) is 5.75 Å². The molecule has 3 aliphatic rings. The molecule has 1 saturated carbocycles. The number of benzene rings is 1. The lowest BCUT2D eigenvalue weighted by atomic mass is 9.98. The number of rotatable bonds is 14. The van der Waals surface area contributed by atoms with E-state index < -0.39 is 12.0 Å². The van der Waals surface area contributed by atoms with Crippen molar-refractivity contribution in [2.45, 2.75) is 82.0 Å². The zero-order chi connectivity index (χ0) is 27.2. The number of hydrogen-bond acceptors (Lipinski definition) is 7. The topological polar surface area (TPSA) is 93.2 Å². The number of hydrogen-bond donors (Lipinski definition) is 2. The number of pyridine rings is 1. The molecule has 1 aromatic heterocycles. The van der Waals surface area contributed by atoms with Crippen LogP contribution in [0.2, 0.25) is 0 Å². The van der Waals surface area contributed by atoms with Gasteiger partial charge in [-0.25, -0.2) is 4.98 Å². The first-order chi connectivity index (χ1) is 19.0. The van der Waals surface area contributed by atoms with E-state index in [-0.39, 0.29) is 11.7 Å². The first-order valence-corrected chi connectivity index (χ1v) is 14.5. The Kier molecular flexibility index (Phi) is 9.05. The highest BCUT2D eigenvalue weighted by Gasteiger charge is 2.43. The van der Waals surface area contributed by atoms with Crippen LogP contribution >= 0.6 is 0 Å². The zero-order valence-electron chi connectivity index (χ0n) is 23.4. The predicted octanol–water partition coefficient (Wildman–Crippen LogP) is 4.80. The summed E-state index contributed by atoms with van der Waals surface area (Å²) < 4.78 is 17.5. The average molecular weight is 538 g/mol. The monoisotopic (exact) mass is 537 g/mol. The molecule has 212 valence electrons. The fraction of sp³-hybridized carbons (Fsp3) is 0.613. The van der Waals surface area contributed by atoms with E-state index in [4.69, 9.17) is 19.2 Å². The minimum absolute atomic E-state index is 0.0534. The fourth-order valence-electron chi connectivity index (χ4n) is 6.03. The molecule has 8 nitrogen and oxygen atoms in total. The molecule has 2 N–H and O–H groups in total. The lowest BCUT2D eigenvalue weighted by Gasteiger charge is -2.27. The number of carboxylic acid groups (broad SMARTS) is 1. The number of nitrogens with one attached hydrogen (secondary N) is 1. The molecule has 0 spiro atoms. The summed E-state index contributed by atoms with van der Waals surface area (Å²) in [4.78, 5) is 19.3. The van der Waals surface area contributed by atoms with Gasteiger partial charge in [-0.3, -0.25) is 9.69 Å². The standard InChI is InChI=1S/C31H43N3O5/c1-37-27-12-9-22(20-31(38-2)14-15-31)19-26(27)28(30(35)36)34-17-13-25(21-34)39-18-5-3-4-8-24-11-10-23-7-6-16-32-29(23)33-24/h9-12,19,25,28H,3-8,13-18,20-21H2,1-2H3,(H,32,33)(H,35,36)/t25-,28-/m1/s1. The van der Waals surface area contributed by atoms with Gasteiger partial charge in [-0.05, 0) is 80.7 Å². The molecule has 0 unspecified atom stereocenters. The van der Waals surface area contributed by atoms with Crippen LogP contribution in [0, 0.1) is 0 Å². The molecule has 3 heterocycles. The number of aryl methyl sites for hydroxylation is 2. The number of carbonyl (C=O) groups is 1. The lowest BCUT2D eigenvalue weighted by Crippen LogP contribution is -2.34. The van der Waals surface area contributed by atoms with Crippen molar-refractivity contribution in [3.8, 4) is 5.75 Å². The molecular formula is C31H43N3O5. The van der Waals surface area contributed by atoms with Crippen molar-refractivity contribution in [1.29, 1.82) is 0 Å². The highest BCUT2D eigenvalue weighted by atomic mass is 16.5. The predicted molar refractivity (Wildman–Crippen MR) is 151 cm³/mol. The summed E-state index contributed by atoms with van der Waals surface area (Å²) in [6, 6.07) is 9.54. The molecule has 1 saturated heterocycles. The Labute approximate surface area is 232 Å². The third-order valence-corrected chi connectivity index (χ3v) is 8.51. The van der Waals surface area contributed by atoms with Crippen LogP contribution < -0.4 is 10.1 Å². The second-order valence-corrected chi connectivity index (χ2v) is 11.3. The number of ether oxygens (including phenoxy) is 3. The van der Waals surface area contributed by atoms with Crippen LogP contribution in [0.15, 0.2) is 30.3 Å². The average Bonchev–Trinajstić information content (AvgIpc) is 3.57. The van der Waals surface area contributed by atoms with Crippen molar-refractivity contribution >= 4 is 11.8 Å². The van der Waals surface area contributed by atoms with Gasteiger partial charge in [-0.1, -0.05) is 18.6 Å². The molecule has 2 fully saturated rings. The first kappa shape index (κ1) is 27.9. The van der Waals surface area contributed by atoms with Crippen molar-refractivity contribution in [3.63, 3.8) is 0 Å². The second kappa shape index (κ2) is 12.7.